The summed E-state index contributed by atoms with van der Waals surface area (Å²) in [5.41, 5.74) is 0.929. The first-order valence-electron chi connectivity index (χ1n) is 11.9. The van der Waals surface area contributed by atoms with Gasteiger partial charge >= 0.3 is 12.2 Å². The van der Waals surface area contributed by atoms with Gasteiger partial charge in [-0.05, 0) is 44.7 Å². The number of benzene rings is 2. The van der Waals surface area contributed by atoms with Gasteiger partial charge in [0, 0.05) is 6.54 Å². The third kappa shape index (κ3) is 11.8. The highest BCUT2D eigenvalue weighted by molar-refractivity contribution is 6.28. The van der Waals surface area contributed by atoms with Gasteiger partial charge in [0.25, 0.3) is 0 Å². The summed E-state index contributed by atoms with van der Waals surface area (Å²) in [6.45, 7) is 5.23. The highest BCUT2D eigenvalue weighted by Gasteiger charge is 2.27. The molecule has 0 fully saturated rings. The van der Waals surface area contributed by atoms with E-state index in [1.54, 1.807) is 32.9 Å². The van der Waals surface area contributed by atoms with Gasteiger partial charge in [0.2, 0.25) is 5.91 Å². The van der Waals surface area contributed by atoms with Crippen molar-refractivity contribution in [3.63, 3.8) is 0 Å². The minimum absolute atomic E-state index is 0.0124. The van der Waals surface area contributed by atoms with Gasteiger partial charge in [0.05, 0.1) is 11.9 Å². The molecule has 0 saturated carbocycles. The lowest BCUT2D eigenvalue weighted by molar-refractivity contribution is -0.128. The predicted molar refractivity (Wildman–Crippen MR) is 140 cm³/mol. The van der Waals surface area contributed by atoms with E-state index in [1.807, 2.05) is 48.5 Å². The largest absolute Gasteiger partial charge is 0.445 e. The summed E-state index contributed by atoms with van der Waals surface area (Å²) in [5.74, 6) is -1.26. The van der Waals surface area contributed by atoms with Gasteiger partial charge in [-0.3, -0.25) is 9.59 Å². The summed E-state index contributed by atoms with van der Waals surface area (Å²) in [6, 6.07) is 16.3. The van der Waals surface area contributed by atoms with Crippen LogP contribution in [0.25, 0.3) is 0 Å². The van der Waals surface area contributed by atoms with Gasteiger partial charge < -0.3 is 25.4 Å². The Bertz CT molecular complexity index is 1030. The van der Waals surface area contributed by atoms with Crippen molar-refractivity contribution >= 4 is 35.5 Å². The topological polar surface area (TPSA) is 123 Å². The summed E-state index contributed by atoms with van der Waals surface area (Å²) >= 11 is 5.78. The maximum Gasteiger partial charge on any atom is 0.408 e. The first kappa shape index (κ1) is 29.6. The van der Waals surface area contributed by atoms with E-state index in [0.29, 0.717) is 0 Å². The fourth-order valence-electron chi connectivity index (χ4n) is 3.27. The van der Waals surface area contributed by atoms with Crippen molar-refractivity contribution in [2.75, 3.05) is 12.4 Å². The molecule has 1 unspecified atom stereocenters. The van der Waals surface area contributed by atoms with Gasteiger partial charge in [-0.25, -0.2) is 9.59 Å². The number of hydrogen-bond donors (Lipinski definition) is 3. The van der Waals surface area contributed by atoms with Crippen LogP contribution in [-0.4, -0.2) is 54.0 Å². The Hall–Kier alpha value is -3.59. The molecule has 10 heteroatoms. The van der Waals surface area contributed by atoms with Crippen molar-refractivity contribution in [3.8, 4) is 0 Å². The van der Waals surface area contributed by atoms with Crippen molar-refractivity contribution in [2.24, 2.45) is 0 Å². The molecule has 2 atom stereocenters. The predicted octanol–water partition coefficient (Wildman–Crippen LogP) is 3.73. The van der Waals surface area contributed by atoms with E-state index in [4.69, 9.17) is 21.1 Å². The summed E-state index contributed by atoms with van der Waals surface area (Å²) in [6.07, 6.45) is -1.21. The summed E-state index contributed by atoms with van der Waals surface area (Å²) in [7, 11) is 0. The fourth-order valence-corrected chi connectivity index (χ4v) is 3.46. The molecule has 200 valence electrons. The monoisotopic (exact) mass is 531 g/mol. The lowest BCUT2D eigenvalue weighted by Gasteiger charge is -2.23. The van der Waals surface area contributed by atoms with Gasteiger partial charge in [-0.1, -0.05) is 60.7 Å². The molecule has 3 N–H and O–H groups in total. The number of nitrogens with one attached hydrogen (secondary N) is 3. The number of halogens is 1. The Morgan fingerprint density at radius 3 is 2.00 bits per heavy atom. The Balaban J connectivity index is 2.06. The minimum Gasteiger partial charge on any atom is -0.445 e. The first-order valence-corrected chi connectivity index (χ1v) is 12.5. The van der Waals surface area contributed by atoms with Crippen molar-refractivity contribution in [1.29, 1.82) is 0 Å². The third-order valence-electron chi connectivity index (χ3n) is 5.04. The molecule has 2 aromatic carbocycles. The van der Waals surface area contributed by atoms with Gasteiger partial charge in [-0.15, -0.1) is 11.6 Å². The SMILES string of the molecule is CC(C)(C)OC(=O)NCCC(NC(=O)OCc1ccccc1)C(=O)N[C@@H](Cc1ccccc1)C(=O)CCl. The number of alkyl carbamates (subject to hydrolysis) is 2. The lowest BCUT2D eigenvalue weighted by Crippen LogP contribution is -2.53. The molecule has 0 aliphatic carbocycles. The van der Waals surface area contributed by atoms with Crippen LogP contribution in [0.4, 0.5) is 9.59 Å². The number of Topliss-reactive ketones (excluding diaryl/α,β-unsaturated/α-hetero) is 1. The zero-order valence-electron chi connectivity index (χ0n) is 21.3. The van der Waals surface area contributed by atoms with Gasteiger partial charge in [0.15, 0.2) is 5.78 Å². The summed E-state index contributed by atoms with van der Waals surface area (Å²) in [4.78, 5) is 50.1. The van der Waals surface area contributed by atoms with E-state index >= 15 is 0 Å². The second kappa shape index (κ2) is 14.8. The highest BCUT2D eigenvalue weighted by atomic mass is 35.5. The molecule has 9 nitrogen and oxygen atoms in total. The van der Waals surface area contributed by atoms with E-state index < -0.39 is 35.8 Å². The normalized spacial score (nSPS) is 12.5. The molecule has 0 aliphatic rings. The molecule has 0 aromatic heterocycles. The molecular formula is C27H34ClN3O6. The fraction of sp³-hybridized carbons (Fsp3) is 0.407. The van der Waals surface area contributed by atoms with E-state index in [1.165, 1.54) is 0 Å². The average molecular weight is 532 g/mol. The molecule has 0 radical (unpaired) electrons. The van der Waals surface area contributed by atoms with E-state index in [9.17, 15) is 19.2 Å². The number of carbonyl (C=O) groups excluding carboxylic acids is 4. The lowest BCUT2D eigenvalue weighted by atomic mass is 10.0. The molecule has 0 saturated heterocycles. The van der Waals surface area contributed by atoms with E-state index in [2.05, 4.69) is 16.0 Å². The van der Waals surface area contributed by atoms with Crippen molar-refractivity contribution in [3.05, 3.63) is 71.8 Å². The highest BCUT2D eigenvalue weighted by Crippen LogP contribution is 2.08. The number of ketones is 1. The van der Waals surface area contributed by atoms with Crippen LogP contribution in [0.2, 0.25) is 0 Å². The average Bonchev–Trinajstić information content (AvgIpc) is 2.86. The van der Waals surface area contributed by atoms with Crippen LogP contribution in [0.15, 0.2) is 60.7 Å². The zero-order valence-corrected chi connectivity index (χ0v) is 22.0. The molecule has 3 amide bonds. The number of rotatable bonds is 12. The summed E-state index contributed by atoms with van der Waals surface area (Å²) in [5, 5.41) is 7.77. The molecule has 2 rings (SSSR count). The molecule has 0 heterocycles. The molecule has 37 heavy (non-hydrogen) atoms. The minimum atomic E-state index is -1.10. The van der Waals surface area contributed by atoms with Crippen LogP contribution >= 0.6 is 11.6 Å². The Morgan fingerprint density at radius 2 is 1.43 bits per heavy atom. The second-order valence-electron chi connectivity index (χ2n) is 9.33. The van der Waals surface area contributed by atoms with Gasteiger partial charge in [0.1, 0.15) is 18.2 Å². The summed E-state index contributed by atoms with van der Waals surface area (Å²) < 4.78 is 10.4. The standard InChI is InChI=1S/C27H34ClN3O6/c1-27(2,3)37-25(34)29-15-14-21(31-26(35)36-18-20-12-8-5-9-13-20)24(33)30-22(23(32)17-28)16-19-10-6-4-7-11-19/h4-13,21-22H,14-18H2,1-3H3,(H,29,34)(H,30,33)(H,31,35)/t21?,22-/m0/s1. The quantitative estimate of drug-likeness (QED) is 0.359. The smallest absolute Gasteiger partial charge is 0.408 e. The Labute approximate surface area is 222 Å². The van der Waals surface area contributed by atoms with Crippen LogP contribution in [0.3, 0.4) is 0 Å². The molecule has 0 bridgehead atoms. The van der Waals surface area contributed by atoms with E-state index in [-0.39, 0.29) is 37.7 Å². The molecule has 0 spiro atoms. The Kier molecular flexibility index (Phi) is 11.9. The molecule has 2 aromatic rings. The van der Waals surface area contributed by atoms with Crippen LogP contribution in [0.1, 0.15) is 38.3 Å². The number of ether oxygens (including phenoxy) is 2. The number of amides is 3. The van der Waals surface area contributed by atoms with Crippen molar-refractivity contribution in [1.82, 2.24) is 16.0 Å². The van der Waals surface area contributed by atoms with Crippen LogP contribution < -0.4 is 16.0 Å². The second-order valence-corrected chi connectivity index (χ2v) is 9.59. The molecule has 0 aliphatic heterocycles. The maximum atomic E-state index is 13.2. The maximum absolute atomic E-state index is 13.2. The zero-order chi connectivity index (χ0) is 27.3. The Morgan fingerprint density at radius 1 is 0.838 bits per heavy atom. The first-order chi connectivity index (χ1) is 17.6. The number of carbonyl (C=O) groups is 4. The van der Waals surface area contributed by atoms with Crippen LogP contribution in [0, 0.1) is 0 Å². The van der Waals surface area contributed by atoms with Crippen LogP contribution in [-0.2, 0) is 32.1 Å². The van der Waals surface area contributed by atoms with Gasteiger partial charge in [-0.2, -0.15) is 0 Å². The number of alkyl halides is 1. The van der Waals surface area contributed by atoms with Crippen molar-refractivity contribution < 1.29 is 28.7 Å². The molecular weight excluding hydrogens is 498 g/mol. The third-order valence-corrected chi connectivity index (χ3v) is 5.31. The van der Waals surface area contributed by atoms with Crippen molar-refractivity contribution in [2.45, 2.75) is 57.9 Å². The number of hydrogen-bond acceptors (Lipinski definition) is 6. The van der Waals surface area contributed by atoms with E-state index in [0.717, 1.165) is 11.1 Å². The van der Waals surface area contributed by atoms with Crippen LogP contribution in [0.5, 0.6) is 0 Å².